The Morgan fingerprint density at radius 2 is 1.56 bits per heavy atom. The van der Waals surface area contributed by atoms with Crippen molar-refractivity contribution >= 4 is 31.5 Å². The Bertz CT molecular complexity index is 578. The molecule has 1 aliphatic rings. The van der Waals surface area contributed by atoms with E-state index in [2.05, 4.69) is 0 Å². The predicted molar refractivity (Wildman–Crippen MR) is 64.3 cm³/mol. The van der Waals surface area contributed by atoms with E-state index in [-0.39, 0.29) is 36.1 Å². The molecule has 1 aliphatic heterocycles. The third-order valence-electron chi connectivity index (χ3n) is 2.70. The number of hydrogen-bond donors (Lipinski definition) is 0. The van der Waals surface area contributed by atoms with Crippen LogP contribution in [-0.2, 0) is 25.2 Å². The molecule has 2 amide bonds. The number of nitrogens with zero attached hydrogens (tertiary/aromatic N) is 1. The van der Waals surface area contributed by atoms with Crippen LogP contribution in [0.25, 0.3) is 0 Å². The number of benzene rings is 1. The SMILES string of the molecule is O=C1CCC(=O)N1Cc1ccc(S(=O)(=O)Cl)cc1. The summed E-state index contributed by atoms with van der Waals surface area (Å²) in [6, 6.07) is 5.77. The Hall–Kier alpha value is -1.40. The molecule has 1 aromatic rings. The van der Waals surface area contributed by atoms with Crippen molar-refractivity contribution in [1.82, 2.24) is 4.90 Å². The average Bonchev–Trinajstić information content (AvgIpc) is 2.60. The van der Waals surface area contributed by atoms with Gasteiger partial charge in [0.2, 0.25) is 11.8 Å². The highest BCUT2D eigenvalue weighted by molar-refractivity contribution is 8.13. The molecule has 18 heavy (non-hydrogen) atoms. The van der Waals surface area contributed by atoms with E-state index in [0.29, 0.717) is 5.56 Å². The number of carbonyl (C=O) groups excluding carboxylic acids is 2. The molecule has 0 spiro atoms. The summed E-state index contributed by atoms with van der Waals surface area (Å²) in [5.41, 5.74) is 0.683. The molecule has 1 saturated heterocycles. The van der Waals surface area contributed by atoms with Crippen LogP contribution in [0.15, 0.2) is 29.2 Å². The normalized spacial score (nSPS) is 16.4. The van der Waals surface area contributed by atoms with Crippen molar-refractivity contribution in [2.45, 2.75) is 24.3 Å². The lowest BCUT2D eigenvalue weighted by Crippen LogP contribution is -2.28. The number of likely N-dealkylation sites (tertiary alicyclic amines) is 1. The molecule has 0 atom stereocenters. The Balaban J connectivity index is 2.16. The van der Waals surface area contributed by atoms with Gasteiger partial charge in [-0.2, -0.15) is 0 Å². The number of halogens is 1. The van der Waals surface area contributed by atoms with E-state index in [1.54, 1.807) is 0 Å². The standard InChI is InChI=1S/C11H10ClNO4S/c12-18(16,17)9-3-1-8(2-4-9)7-13-10(14)5-6-11(13)15/h1-4H,5-7H2. The van der Waals surface area contributed by atoms with Crippen molar-refractivity contribution in [2.24, 2.45) is 0 Å². The topological polar surface area (TPSA) is 71.5 Å². The largest absolute Gasteiger partial charge is 0.278 e. The van der Waals surface area contributed by atoms with Gasteiger partial charge in [-0.1, -0.05) is 12.1 Å². The molecule has 1 heterocycles. The van der Waals surface area contributed by atoms with Gasteiger partial charge in [-0.15, -0.1) is 0 Å². The summed E-state index contributed by atoms with van der Waals surface area (Å²) >= 11 is 0. The Morgan fingerprint density at radius 3 is 2.00 bits per heavy atom. The van der Waals surface area contributed by atoms with Crippen LogP contribution in [0, 0.1) is 0 Å². The van der Waals surface area contributed by atoms with Gasteiger partial charge in [0.25, 0.3) is 9.05 Å². The lowest BCUT2D eigenvalue weighted by molar-refractivity contribution is -0.139. The molecular formula is C11H10ClNO4S. The van der Waals surface area contributed by atoms with Crippen LogP contribution < -0.4 is 0 Å². The molecule has 0 aromatic heterocycles. The number of hydrogen-bond acceptors (Lipinski definition) is 4. The Kier molecular flexibility index (Phi) is 3.41. The highest BCUT2D eigenvalue weighted by Crippen LogP contribution is 2.19. The first-order valence-electron chi connectivity index (χ1n) is 5.25. The first-order chi connectivity index (χ1) is 8.38. The molecule has 5 nitrogen and oxygen atoms in total. The summed E-state index contributed by atoms with van der Waals surface area (Å²) in [6.07, 6.45) is 0.486. The summed E-state index contributed by atoms with van der Waals surface area (Å²) in [5.74, 6) is -0.400. The van der Waals surface area contributed by atoms with Crippen molar-refractivity contribution in [3.8, 4) is 0 Å². The fourth-order valence-electron chi connectivity index (χ4n) is 1.74. The lowest BCUT2D eigenvalue weighted by atomic mass is 10.2. The number of imide groups is 1. The molecule has 1 aromatic carbocycles. The maximum absolute atomic E-state index is 11.4. The van der Waals surface area contributed by atoms with Crippen molar-refractivity contribution in [3.05, 3.63) is 29.8 Å². The van der Waals surface area contributed by atoms with Crippen LogP contribution in [0.1, 0.15) is 18.4 Å². The van der Waals surface area contributed by atoms with Gasteiger partial charge in [0.15, 0.2) is 0 Å². The summed E-state index contributed by atoms with van der Waals surface area (Å²) in [5, 5.41) is 0. The minimum atomic E-state index is -3.74. The van der Waals surface area contributed by atoms with Gasteiger partial charge in [0, 0.05) is 23.5 Å². The molecule has 0 bridgehead atoms. The zero-order chi connectivity index (χ0) is 13.3. The van der Waals surface area contributed by atoms with Gasteiger partial charge in [0.05, 0.1) is 11.4 Å². The minimum Gasteiger partial charge on any atom is -0.278 e. The summed E-state index contributed by atoms with van der Waals surface area (Å²) in [4.78, 5) is 24.0. The minimum absolute atomic E-state index is 0.00742. The monoisotopic (exact) mass is 287 g/mol. The number of rotatable bonds is 3. The third-order valence-corrected chi connectivity index (χ3v) is 4.07. The Labute approximate surface area is 109 Å². The smallest absolute Gasteiger partial charge is 0.261 e. The molecule has 0 saturated carbocycles. The molecular weight excluding hydrogens is 278 g/mol. The van der Waals surface area contributed by atoms with E-state index < -0.39 is 9.05 Å². The molecule has 7 heteroatoms. The molecule has 0 unspecified atom stereocenters. The lowest BCUT2D eigenvalue weighted by Gasteiger charge is -2.13. The van der Waals surface area contributed by atoms with Crippen molar-refractivity contribution in [2.75, 3.05) is 0 Å². The van der Waals surface area contributed by atoms with E-state index in [0.717, 1.165) is 0 Å². The molecule has 1 fully saturated rings. The van der Waals surface area contributed by atoms with E-state index in [9.17, 15) is 18.0 Å². The second kappa shape index (κ2) is 4.70. The zero-order valence-electron chi connectivity index (χ0n) is 9.30. The molecule has 96 valence electrons. The second-order valence-corrected chi connectivity index (χ2v) is 6.52. The molecule has 0 radical (unpaired) electrons. The van der Waals surface area contributed by atoms with Crippen LogP contribution >= 0.6 is 10.7 Å². The summed E-state index contributed by atoms with van der Waals surface area (Å²) < 4.78 is 22.1. The van der Waals surface area contributed by atoms with Crippen LogP contribution in [0.5, 0.6) is 0 Å². The van der Waals surface area contributed by atoms with Gasteiger partial charge >= 0.3 is 0 Å². The summed E-state index contributed by atoms with van der Waals surface area (Å²) in [7, 11) is 1.44. The number of carbonyl (C=O) groups is 2. The van der Waals surface area contributed by atoms with E-state index in [1.165, 1.54) is 29.2 Å². The van der Waals surface area contributed by atoms with E-state index in [4.69, 9.17) is 10.7 Å². The first kappa shape index (κ1) is 13.0. The highest BCUT2D eigenvalue weighted by atomic mass is 35.7. The van der Waals surface area contributed by atoms with Crippen LogP contribution in [0.2, 0.25) is 0 Å². The first-order valence-corrected chi connectivity index (χ1v) is 7.55. The maximum atomic E-state index is 11.4. The van der Waals surface area contributed by atoms with Crippen LogP contribution in [0.4, 0.5) is 0 Å². The molecule has 0 aliphatic carbocycles. The van der Waals surface area contributed by atoms with Gasteiger partial charge < -0.3 is 0 Å². The van der Waals surface area contributed by atoms with Crippen LogP contribution in [-0.4, -0.2) is 25.1 Å². The highest BCUT2D eigenvalue weighted by Gasteiger charge is 2.28. The average molecular weight is 288 g/mol. The summed E-state index contributed by atoms with van der Waals surface area (Å²) in [6.45, 7) is 0.167. The predicted octanol–water partition coefficient (Wildman–Crippen LogP) is 1.26. The van der Waals surface area contributed by atoms with Gasteiger partial charge in [-0.3, -0.25) is 14.5 Å². The van der Waals surface area contributed by atoms with Gasteiger partial charge in [-0.05, 0) is 17.7 Å². The van der Waals surface area contributed by atoms with E-state index in [1.807, 2.05) is 0 Å². The fraction of sp³-hybridized carbons (Fsp3) is 0.273. The van der Waals surface area contributed by atoms with Crippen molar-refractivity contribution in [3.63, 3.8) is 0 Å². The van der Waals surface area contributed by atoms with Crippen molar-refractivity contribution < 1.29 is 18.0 Å². The maximum Gasteiger partial charge on any atom is 0.261 e. The van der Waals surface area contributed by atoms with Gasteiger partial charge in [0.1, 0.15) is 0 Å². The number of amides is 2. The Morgan fingerprint density at radius 1 is 1.06 bits per heavy atom. The zero-order valence-corrected chi connectivity index (χ0v) is 10.9. The van der Waals surface area contributed by atoms with E-state index >= 15 is 0 Å². The van der Waals surface area contributed by atoms with Crippen molar-refractivity contribution in [1.29, 1.82) is 0 Å². The van der Waals surface area contributed by atoms with Gasteiger partial charge in [-0.25, -0.2) is 8.42 Å². The second-order valence-electron chi connectivity index (χ2n) is 3.96. The quantitative estimate of drug-likeness (QED) is 0.620. The molecule has 0 N–H and O–H groups in total. The molecule has 2 rings (SSSR count). The van der Waals surface area contributed by atoms with Crippen LogP contribution in [0.3, 0.4) is 0 Å². The third kappa shape index (κ3) is 2.70. The fourth-order valence-corrected chi connectivity index (χ4v) is 2.51.